The molecule has 0 amide bonds. The Kier molecular flexibility index (Phi) is 3.31. The van der Waals surface area contributed by atoms with Crippen molar-refractivity contribution in [2.75, 3.05) is 5.32 Å². The Hall–Kier alpha value is -1.27. The first-order valence-corrected chi connectivity index (χ1v) is 5.81. The molecule has 16 heavy (non-hydrogen) atoms. The average molecular weight is 297 g/mol. The summed E-state index contributed by atoms with van der Waals surface area (Å²) in [6.45, 7) is 1.86. The molecule has 0 atom stereocenters. The number of nitrogens with zero attached hydrogens (tertiary/aromatic N) is 2. The van der Waals surface area contributed by atoms with Gasteiger partial charge in [-0.05, 0) is 37.3 Å². The molecule has 4 nitrogen and oxygen atoms in total. The molecule has 0 spiro atoms. The van der Waals surface area contributed by atoms with E-state index in [4.69, 9.17) is 12.2 Å². The molecule has 2 rings (SSSR count). The maximum absolute atomic E-state index is 4.92. The minimum atomic E-state index is 0.364. The monoisotopic (exact) mass is 296 g/mol. The van der Waals surface area contributed by atoms with Crippen LogP contribution in [0.4, 0.5) is 11.5 Å². The smallest absolute Gasteiger partial charge is 0.215 e. The zero-order valence-corrected chi connectivity index (χ0v) is 10.9. The van der Waals surface area contributed by atoms with Crippen molar-refractivity contribution in [1.29, 1.82) is 0 Å². The lowest BCUT2D eigenvalue weighted by atomic mass is 10.3. The molecule has 0 aliphatic rings. The fourth-order valence-electron chi connectivity index (χ4n) is 1.21. The van der Waals surface area contributed by atoms with E-state index in [0.717, 1.165) is 15.9 Å². The van der Waals surface area contributed by atoms with Crippen LogP contribution in [0.25, 0.3) is 0 Å². The summed E-state index contributed by atoms with van der Waals surface area (Å²) in [7, 11) is 0. The van der Waals surface area contributed by atoms with E-state index in [1.807, 2.05) is 31.2 Å². The van der Waals surface area contributed by atoms with Crippen LogP contribution in [0, 0.1) is 11.7 Å². The van der Waals surface area contributed by atoms with Crippen molar-refractivity contribution in [2.24, 2.45) is 0 Å². The summed E-state index contributed by atoms with van der Waals surface area (Å²) >= 11 is 8.33. The van der Waals surface area contributed by atoms with Gasteiger partial charge in [0, 0.05) is 10.2 Å². The van der Waals surface area contributed by atoms with Gasteiger partial charge < -0.3 is 5.32 Å². The topological polar surface area (TPSA) is 53.6 Å². The Morgan fingerprint density at radius 2 is 2.25 bits per heavy atom. The van der Waals surface area contributed by atoms with Gasteiger partial charge in [0.1, 0.15) is 5.69 Å². The number of H-pyrrole nitrogens is 1. The summed E-state index contributed by atoms with van der Waals surface area (Å²) in [5, 5.41) is 9.84. The molecule has 82 valence electrons. The van der Waals surface area contributed by atoms with Gasteiger partial charge in [0.2, 0.25) is 4.77 Å². The van der Waals surface area contributed by atoms with E-state index >= 15 is 0 Å². The lowest BCUT2D eigenvalue weighted by Gasteiger charge is -2.07. The fourth-order valence-corrected chi connectivity index (χ4v) is 1.75. The maximum Gasteiger partial charge on any atom is 0.215 e. The molecule has 2 N–H and O–H groups in total. The molecule has 2 aromatic rings. The maximum atomic E-state index is 4.92. The van der Waals surface area contributed by atoms with Gasteiger partial charge in [0.15, 0.2) is 5.82 Å². The van der Waals surface area contributed by atoms with Gasteiger partial charge in [-0.15, -0.1) is 0 Å². The quantitative estimate of drug-likeness (QED) is 0.835. The van der Waals surface area contributed by atoms with E-state index in [-0.39, 0.29) is 0 Å². The minimum absolute atomic E-state index is 0.364. The van der Waals surface area contributed by atoms with E-state index in [2.05, 4.69) is 36.4 Å². The van der Waals surface area contributed by atoms with Crippen LogP contribution in [0.1, 0.15) is 5.69 Å². The van der Waals surface area contributed by atoms with Gasteiger partial charge in [-0.25, -0.2) is 0 Å². The highest BCUT2D eigenvalue weighted by Crippen LogP contribution is 2.19. The molecule has 0 bridgehead atoms. The van der Waals surface area contributed by atoms with Crippen LogP contribution in [0.15, 0.2) is 28.7 Å². The van der Waals surface area contributed by atoms with Crippen LogP contribution < -0.4 is 5.32 Å². The van der Waals surface area contributed by atoms with Gasteiger partial charge in [0.05, 0.1) is 0 Å². The van der Waals surface area contributed by atoms with Gasteiger partial charge in [-0.1, -0.05) is 22.0 Å². The number of halogens is 1. The molecule has 0 aliphatic heterocycles. The van der Waals surface area contributed by atoms with Gasteiger partial charge in [-0.2, -0.15) is 10.1 Å². The Balaban J connectivity index is 2.33. The first-order valence-electron chi connectivity index (χ1n) is 4.61. The molecular weight excluding hydrogens is 288 g/mol. The van der Waals surface area contributed by atoms with Crippen LogP contribution in [-0.2, 0) is 0 Å². The molecule has 1 aromatic carbocycles. The zero-order chi connectivity index (χ0) is 11.5. The number of aryl methyl sites for hydroxylation is 1. The Morgan fingerprint density at radius 1 is 1.44 bits per heavy atom. The number of nitrogens with one attached hydrogen (secondary N) is 2. The van der Waals surface area contributed by atoms with Crippen molar-refractivity contribution in [2.45, 2.75) is 6.92 Å². The molecule has 0 fully saturated rings. The largest absolute Gasteiger partial charge is 0.339 e. The highest BCUT2D eigenvalue weighted by molar-refractivity contribution is 9.10. The summed E-state index contributed by atoms with van der Waals surface area (Å²) in [5.41, 5.74) is 1.71. The lowest BCUT2D eigenvalue weighted by molar-refractivity contribution is 0.914. The predicted octanol–water partition coefficient (Wildman–Crippen LogP) is 3.35. The third-order valence-electron chi connectivity index (χ3n) is 1.96. The second-order valence-corrected chi connectivity index (χ2v) is 4.51. The SMILES string of the molecule is Cc1n[nH]c(=S)nc1Nc1cccc(Br)c1. The van der Waals surface area contributed by atoms with E-state index in [1.165, 1.54) is 0 Å². The standard InChI is InChI=1S/C10H9BrN4S/c1-6-9(13-10(16)15-14-6)12-8-4-2-3-7(11)5-8/h2-5H,1H3,(H2,12,13,15,16). The first-order chi connectivity index (χ1) is 7.65. The average Bonchev–Trinajstić information content (AvgIpc) is 2.24. The molecule has 0 saturated carbocycles. The number of hydrogen-bond donors (Lipinski definition) is 2. The molecule has 0 saturated heterocycles. The van der Waals surface area contributed by atoms with E-state index in [9.17, 15) is 0 Å². The summed E-state index contributed by atoms with van der Waals surface area (Å²) in [5.74, 6) is 0.668. The van der Waals surface area contributed by atoms with Crippen LogP contribution in [0.3, 0.4) is 0 Å². The molecule has 0 unspecified atom stereocenters. The number of rotatable bonds is 2. The highest BCUT2D eigenvalue weighted by Gasteiger charge is 2.01. The summed E-state index contributed by atoms with van der Waals surface area (Å²) in [6.07, 6.45) is 0. The van der Waals surface area contributed by atoms with Crippen LogP contribution in [0.5, 0.6) is 0 Å². The molecule has 1 aromatic heterocycles. The van der Waals surface area contributed by atoms with Crippen molar-refractivity contribution in [3.8, 4) is 0 Å². The van der Waals surface area contributed by atoms with Crippen molar-refractivity contribution in [3.63, 3.8) is 0 Å². The second kappa shape index (κ2) is 4.71. The molecule has 6 heteroatoms. The first kappa shape index (κ1) is 11.2. The van der Waals surface area contributed by atoms with Crippen LogP contribution in [-0.4, -0.2) is 15.2 Å². The molecular formula is C10H9BrN4S. The Bertz CT molecular complexity index is 567. The molecule has 1 heterocycles. The van der Waals surface area contributed by atoms with Crippen molar-refractivity contribution in [3.05, 3.63) is 39.2 Å². The van der Waals surface area contributed by atoms with E-state index in [0.29, 0.717) is 10.6 Å². The highest BCUT2D eigenvalue weighted by atomic mass is 79.9. The lowest BCUT2D eigenvalue weighted by Crippen LogP contribution is -2.00. The normalized spacial score (nSPS) is 10.1. The van der Waals surface area contributed by atoms with Gasteiger partial charge in [-0.3, -0.25) is 5.10 Å². The number of anilines is 2. The fraction of sp³-hybridized carbons (Fsp3) is 0.100. The van der Waals surface area contributed by atoms with Crippen molar-refractivity contribution < 1.29 is 0 Å². The van der Waals surface area contributed by atoms with E-state index < -0.39 is 0 Å². The third kappa shape index (κ3) is 2.65. The van der Waals surface area contributed by atoms with E-state index in [1.54, 1.807) is 0 Å². The summed E-state index contributed by atoms with van der Waals surface area (Å²) < 4.78 is 1.37. The van der Waals surface area contributed by atoms with Crippen LogP contribution >= 0.6 is 28.1 Å². The van der Waals surface area contributed by atoms with Gasteiger partial charge >= 0.3 is 0 Å². The number of benzene rings is 1. The minimum Gasteiger partial charge on any atom is -0.339 e. The number of aromatic nitrogens is 3. The third-order valence-corrected chi connectivity index (χ3v) is 2.64. The summed E-state index contributed by atoms with van der Waals surface area (Å²) in [4.78, 5) is 4.17. The predicted molar refractivity (Wildman–Crippen MR) is 69.4 cm³/mol. The van der Waals surface area contributed by atoms with Crippen molar-refractivity contribution >= 4 is 39.7 Å². The Labute approximate surface area is 106 Å². The zero-order valence-electron chi connectivity index (χ0n) is 8.49. The van der Waals surface area contributed by atoms with Crippen LogP contribution in [0.2, 0.25) is 0 Å². The number of aromatic amines is 1. The summed E-state index contributed by atoms with van der Waals surface area (Å²) in [6, 6.07) is 7.81. The van der Waals surface area contributed by atoms with Gasteiger partial charge in [0.25, 0.3) is 0 Å². The molecule has 0 aliphatic carbocycles. The number of hydrogen-bond acceptors (Lipinski definition) is 4. The van der Waals surface area contributed by atoms with Crippen molar-refractivity contribution in [1.82, 2.24) is 15.2 Å². The molecule has 0 radical (unpaired) electrons. The Morgan fingerprint density at radius 3 is 3.00 bits per heavy atom. The second-order valence-electron chi connectivity index (χ2n) is 3.21.